The molecule has 2 aromatic carbocycles. The zero-order valence-electron chi connectivity index (χ0n) is 18.1. The lowest BCUT2D eigenvalue weighted by Crippen LogP contribution is -3.00. The number of carbonyl (C=O) groups excluding carboxylic acids is 2. The van der Waals surface area contributed by atoms with E-state index < -0.39 is 5.91 Å². The largest absolute Gasteiger partial charge is 1.00 e. The number of phenols is 1. The van der Waals surface area contributed by atoms with Gasteiger partial charge in [-0.05, 0) is 11.5 Å². The number of ketones is 1. The van der Waals surface area contributed by atoms with Crippen LogP contribution in [0, 0.1) is 0 Å². The van der Waals surface area contributed by atoms with Gasteiger partial charge in [-0.1, -0.05) is 24.3 Å². The molecule has 0 bridgehead atoms. The maximum absolute atomic E-state index is 13.0. The lowest BCUT2D eigenvalue weighted by molar-refractivity contribution is -0.671. The number of anilines is 1. The van der Waals surface area contributed by atoms with Gasteiger partial charge in [0.25, 0.3) is 5.91 Å². The highest BCUT2D eigenvalue weighted by molar-refractivity contribution is 6.12. The molecule has 0 spiro atoms. The first kappa shape index (κ1) is 25.9. The molecule has 0 fully saturated rings. The van der Waals surface area contributed by atoms with E-state index >= 15 is 0 Å². The van der Waals surface area contributed by atoms with Gasteiger partial charge in [0, 0.05) is 10.9 Å². The third-order valence-electron chi connectivity index (χ3n) is 5.12. The lowest BCUT2D eigenvalue weighted by Gasteiger charge is -2.19. The quantitative estimate of drug-likeness (QED) is 0.0925. The normalized spacial score (nSPS) is 10.4. The van der Waals surface area contributed by atoms with Crippen LogP contribution in [0.2, 0.25) is 0 Å². The van der Waals surface area contributed by atoms with Crippen LogP contribution in [0.15, 0.2) is 67.8 Å². The van der Waals surface area contributed by atoms with Gasteiger partial charge in [-0.15, -0.1) is 0 Å². The summed E-state index contributed by atoms with van der Waals surface area (Å²) in [5.41, 5.74) is 0.508. The maximum atomic E-state index is 13.0. The van der Waals surface area contributed by atoms with Crippen molar-refractivity contribution in [1.82, 2.24) is 9.13 Å². The molecule has 33 heavy (non-hydrogen) atoms. The minimum absolute atomic E-state index is 0. The Hall–Kier alpha value is -3.40. The summed E-state index contributed by atoms with van der Waals surface area (Å²) in [5, 5.41) is 13.0. The van der Waals surface area contributed by atoms with Crippen molar-refractivity contribution in [3.63, 3.8) is 0 Å². The number of aryl methyl sites for hydroxylation is 2. The van der Waals surface area contributed by atoms with Crippen molar-refractivity contribution < 1.29 is 48.6 Å². The van der Waals surface area contributed by atoms with E-state index in [9.17, 15) is 14.7 Å². The van der Waals surface area contributed by atoms with Crippen molar-refractivity contribution in [3.05, 3.63) is 73.3 Å². The molecule has 0 atom stereocenters. The number of phenolic OH excluding ortho intramolecular Hbond substituents is 1. The Balaban J connectivity index is 0.00000193. The number of amides is 1. The number of aromatic hydroxyl groups is 1. The molecule has 0 aliphatic heterocycles. The van der Waals surface area contributed by atoms with Crippen LogP contribution < -0.4 is 44.8 Å². The smallest absolute Gasteiger partial charge is 0.283 e. The van der Waals surface area contributed by atoms with Crippen molar-refractivity contribution in [2.45, 2.75) is 13.1 Å². The van der Waals surface area contributed by atoms with Crippen LogP contribution in [-0.4, -0.2) is 25.9 Å². The van der Waals surface area contributed by atoms with Crippen molar-refractivity contribution in [3.8, 4) is 5.75 Å². The highest BCUT2D eigenvalue weighted by Gasteiger charge is 2.23. The fourth-order valence-electron chi connectivity index (χ4n) is 3.58. The van der Waals surface area contributed by atoms with Gasteiger partial charge in [-0.3, -0.25) is 9.59 Å². The highest BCUT2D eigenvalue weighted by Crippen LogP contribution is 2.36. The second-order valence-electron chi connectivity index (χ2n) is 7.53. The molecule has 0 aliphatic carbocycles. The molecule has 0 radical (unpaired) electrons. The molecular formula is C22H24Cl2N6O3. The number of hydrazine groups is 1. The molecule has 3 N–H and O–H groups in total. The van der Waals surface area contributed by atoms with Gasteiger partial charge >= 0.3 is 0 Å². The number of fused-ring (bicyclic) bond motifs is 1. The second kappa shape index (κ2) is 10.5. The van der Waals surface area contributed by atoms with Gasteiger partial charge in [0.15, 0.2) is 13.1 Å². The van der Waals surface area contributed by atoms with E-state index in [1.54, 1.807) is 64.5 Å². The Morgan fingerprint density at radius 2 is 1.58 bits per heavy atom. The van der Waals surface area contributed by atoms with E-state index in [1.165, 1.54) is 0 Å². The molecule has 1 amide bonds. The van der Waals surface area contributed by atoms with E-state index in [2.05, 4.69) is 0 Å². The summed E-state index contributed by atoms with van der Waals surface area (Å²) >= 11 is 0. The van der Waals surface area contributed by atoms with Gasteiger partial charge in [-0.2, -0.15) is 0 Å². The number of hydrogen-bond donors (Lipinski definition) is 2. The number of rotatable bonds is 6. The molecule has 9 nitrogen and oxygen atoms in total. The Bertz CT molecular complexity index is 1300. The summed E-state index contributed by atoms with van der Waals surface area (Å²) in [7, 11) is 3.72. The van der Waals surface area contributed by atoms with Crippen molar-refractivity contribution >= 4 is 28.2 Å². The van der Waals surface area contributed by atoms with Gasteiger partial charge in [0.1, 0.15) is 36.2 Å². The van der Waals surface area contributed by atoms with Crippen LogP contribution in [0.25, 0.3) is 10.8 Å². The first-order valence-electron chi connectivity index (χ1n) is 9.71. The van der Waals surface area contributed by atoms with Crippen molar-refractivity contribution in [2.24, 2.45) is 19.9 Å². The molecule has 4 rings (SSSR count). The SMILES string of the molecule is C[n+]1ccn(CC(=O)c2cccc3ccc(N(N)C(=O)Cn4cc[n+](C)c4)c(O)c23)c1.[Cl-].[Cl-]. The first-order valence-corrected chi connectivity index (χ1v) is 9.71. The molecule has 0 aliphatic rings. The average Bonchev–Trinajstić information content (AvgIpc) is 3.34. The van der Waals surface area contributed by atoms with E-state index in [-0.39, 0.29) is 55.1 Å². The number of hydrogen-bond acceptors (Lipinski definition) is 4. The standard InChI is InChI=1S/C22H23N6O3.2ClH/c1-24-8-10-26(14-24)12-19(29)17-5-3-4-16-6-7-18(22(31)21(16)17)28(23)20(30)13-27-11-9-25(2)15-27;;/h3-11,14-15H,12-13,23H2,1-2H3;2*1H/q+1;;/p-1. The van der Waals surface area contributed by atoms with E-state index in [0.29, 0.717) is 16.3 Å². The van der Waals surface area contributed by atoms with Crippen molar-refractivity contribution in [2.75, 3.05) is 5.01 Å². The number of imidazole rings is 2. The number of nitrogens with two attached hydrogens (primary N) is 1. The zero-order valence-corrected chi connectivity index (χ0v) is 19.6. The average molecular weight is 491 g/mol. The minimum atomic E-state index is -0.408. The Morgan fingerprint density at radius 1 is 0.970 bits per heavy atom. The molecule has 174 valence electrons. The number of nitrogens with zero attached hydrogens (tertiary/aromatic N) is 5. The number of benzene rings is 2. The third-order valence-corrected chi connectivity index (χ3v) is 5.12. The fraction of sp³-hybridized carbons (Fsp3) is 0.182. The topological polar surface area (TPSA) is 101 Å². The second-order valence-corrected chi connectivity index (χ2v) is 7.53. The summed E-state index contributed by atoms with van der Waals surface area (Å²) in [6.07, 6.45) is 10.8. The predicted octanol–water partition coefficient (Wildman–Crippen LogP) is -5.40. The lowest BCUT2D eigenvalue weighted by atomic mass is 9.99. The molecular weight excluding hydrogens is 467 g/mol. The fourth-order valence-corrected chi connectivity index (χ4v) is 3.58. The number of carbonyl (C=O) groups is 2. The summed E-state index contributed by atoms with van der Waals surface area (Å²) in [6, 6.07) is 8.54. The van der Waals surface area contributed by atoms with Gasteiger partial charge in [0.05, 0.1) is 14.1 Å². The van der Waals surface area contributed by atoms with Gasteiger partial charge in [0.2, 0.25) is 18.4 Å². The number of Topliss-reactive ketones (excluding diaryl/α,β-unsaturated/α-hetero) is 1. The van der Waals surface area contributed by atoms with Crippen LogP contribution in [-0.2, 0) is 32.0 Å². The van der Waals surface area contributed by atoms with E-state index in [1.807, 2.05) is 35.6 Å². The van der Waals surface area contributed by atoms with Crippen LogP contribution in [0.5, 0.6) is 5.75 Å². The molecule has 2 aromatic heterocycles. The Kier molecular flexibility index (Phi) is 8.21. The number of halogens is 2. The zero-order chi connectivity index (χ0) is 22.1. The molecule has 11 heteroatoms. The molecule has 0 saturated heterocycles. The van der Waals surface area contributed by atoms with E-state index in [4.69, 9.17) is 5.84 Å². The Labute approximate surface area is 203 Å². The van der Waals surface area contributed by atoms with Crippen molar-refractivity contribution in [1.29, 1.82) is 0 Å². The monoisotopic (exact) mass is 490 g/mol. The molecule has 0 saturated carbocycles. The van der Waals surface area contributed by atoms with Crippen LogP contribution in [0.4, 0.5) is 5.69 Å². The summed E-state index contributed by atoms with van der Waals surface area (Å²) in [5.74, 6) is 5.28. The maximum Gasteiger partial charge on any atom is 0.283 e. The Morgan fingerprint density at radius 3 is 2.15 bits per heavy atom. The summed E-state index contributed by atoms with van der Waals surface area (Å²) in [6.45, 7) is 0.138. The predicted molar refractivity (Wildman–Crippen MR) is 113 cm³/mol. The van der Waals surface area contributed by atoms with Crippen LogP contribution >= 0.6 is 0 Å². The number of aromatic nitrogens is 4. The summed E-state index contributed by atoms with van der Waals surface area (Å²) < 4.78 is 7.10. The first-order chi connectivity index (χ1) is 14.8. The molecule has 0 unspecified atom stereocenters. The molecule has 4 aromatic rings. The highest BCUT2D eigenvalue weighted by atomic mass is 35.5. The van der Waals surface area contributed by atoms with Gasteiger partial charge < -0.3 is 29.9 Å². The van der Waals surface area contributed by atoms with Gasteiger partial charge in [-0.25, -0.2) is 29.1 Å². The summed E-state index contributed by atoms with van der Waals surface area (Å²) in [4.78, 5) is 25.6. The van der Waals surface area contributed by atoms with E-state index in [0.717, 1.165) is 5.01 Å². The van der Waals surface area contributed by atoms with Crippen LogP contribution in [0.1, 0.15) is 10.4 Å². The minimum Gasteiger partial charge on any atom is -1.00 e. The third kappa shape index (κ3) is 5.33. The van der Waals surface area contributed by atoms with Crippen LogP contribution in [0.3, 0.4) is 0 Å². The molecule has 2 heterocycles.